The maximum absolute atomic E-state index is 5.17. The Morgan fingerprint density at radius 3 is 1.55 bits per heavy atom. The van der Waals surface area contributed by atoms with Gasteiger partial charge in [0.05, 0.1) is 0 Å². The van der Waals surface area contributed by atoms with Crippen LogP contribution in [0.5, 0.6) is 0 Å². The fraction of sp³-hybridized carbons (Fsp3) is 1.00. The Labute approximate surface area is 68.5 Å². The van der Waals surface area contributed by atoms with Crippen LogP contribution in [0.3, 0.4) is 0 Å². The number of hydrogen-bond donors (Lipinski definition) is 5. The van der Waals surface area contributed by atoms with Crippen molar-refractivity contribution in [2.75, 3.05) is 26.2 Å². The van der Waals surface area contributed by atoms with Gasteiger partial charge in [-0.25, -0.2) is 0 Å². The van der Waals surface area contributed by atoms with Crippen LogP contribution >= 0.6 is 0 Å². The van der Waals surface area contributed by atoms with Gasteiger partial charge in [0.2, 0.25) is 0 Å². The molecule has 0 rings (SSSR count). The summed E-state index contributed by atoms with van der Waals surface area (Å²) >= 11 is 0. The highest BCUT2D eigenvalue weighted by molar-refractivity contribution is 4.45. The molecule has 0 aromatic rings. The Hall–Kier alpha value is -0.200. The second-order valence-corrected chi connectivity index (χ2v) is 2.19. The van der Waals surface area contributed by atoms with Crippen molar-refractivity contribution in [3.8, 4) is 0 Å². The SMILES string of the molecule is CC(N)N.NCCNCCN. The van der Waals surface area contributed by atoms with Gasteiger partial charge in [-0.3, -0.25) is 0 Å². The van der Waals surface area contributed by atoms with Crippen molar-refractivity contribution in [3.05, 3.63) is 0 Å². The lowest BCUT2D eigenvalue weighted by Crippen LogP contribution is -2.27. The van der Waals surface area contributed by atoms with Crippen LogP contribution in [-0.4, -0.2) is 32.3 Å². The zero-order valence-corrected chi connectivity index (χ0v) is 7.22. The molecule has 0 saturated carbocycles. The zero-order valence-electron chi connectivity index (χ0n) is 7.22. The molecule has 0 radical (unpaired) electrons. The summed E-state index contributed by atoms with van der Waals surface area (Å²) in [6.45, 7) is 4.86. The van der Waals surface area contributed by atoms with Crippen LogP contribution in [0.2, 0.25) is 0 Å². The fourth-order valence-corrected chi connectivity index (χ4v) is 0.329. The molecule has 0 aliphatic rings. The number of rotatable bonds is 4. The minimum absolute atomic E-state index is 0.167. The minimum Gasteiger partial charge on any atom is -0.329 e. The van der Waals surface area contributed by atoms with E-state index in [-0.39, 0.29) is 6.17 Å². The van der Waals surface area contributed by atoms with E-state index in [9.17, 15) is 0 Å². The topological polar surface area (TPSA) is 116 Å². The van der Waals surface area contributed by atoms with E-state index >= 15 is 0 Å². The standard InChI is InChI=1S/C4H13N3.C2H8N2/c5-1-3-7-4-2-6;1-2(3)4/h7H,1-6H2;2H,3-4H2,1H3. The van der Waals surface area contributed by atoms with Gasteiger partial charge >= 0.3 is 0 Å². The van der Waals surface area contributed by atoms with Gasteiger partial charge in [-0.05, 0) is 6.92 Å². The predicted octanol–water partition coefficient (Wildman–Crippen LogP) is -2.26. The highest BCUT2D eigenvalue weighted by atomic mass is 14.9. The van der Waals surface area contributed by atoms with E-state index in [0.29, 0.717) is 13.1 Å². The van der Waals surface area contributed by atoms with Gasteiger partial charge in [-0.15, -0.1) is 0 Å². The van der Waals surface area contributed by atoms with Crippen LogP contribution in [0.4, 0.5) is 0 Å². The molecule has 0 aromatic carbocycles. The van der Waals surface area contributed by atoms with E-state index in [1.54, 1.807) is 6.92 Å². The van der Waals surface area contributed by atoms with E-state index in [2.05, 4.69) is 5.32 Å². The Balaban J connectivity index is 0. The van der Waals surface area contributed by atoms with Gasteiger partial charge in [0, 0.05) is 32.3 Å². The van der Waals surface area contributed by atoms with Crippen LogP contribution in [0.25, 0.3) is 0 Å². The highest BCUT2D eigenvalue weighted by Gasteiger charge is 1.76. The lowest BCUT2D eigenvalue weighted by atomic mass is 10.6. The van der Waals surface area contributed by atoms with Gasteiger partial charge in [0.15, 0.2) is 0 Å². The van der Waals surface area contributed by atoms with Gasteiger partial charge in [0.25, 0.3) is 0 Å². The summed E-state index contributed by atoms with van der Waals surface area (Å²) in [6, 6.07) is 0. The number of nitrogens with one attached hydrogen (secondary N) is 1. The van der Waals surface area contributed by atoms with Crippen molar-refractivity contribution in [2.45, 2.75) is 13.1 Å². The first kappa shape index (κ1) is 13.4. The van der Waals surface area contributed by atoms with E-state index < -0.39 is 0 Å². The molecule has 5 nitrogen and oxygen atoms in total. The molecule has 0 fully saturated rings. The Morgan fingerprint density at radius 1 is 1.09 bits per heavy atom. The van der Waals surface area contributed by atoms with Crippen molar-refractivity contribution in [3.63, 3.8) is 0 Å². The lowest BCUT2D eigenvalue weighted by Gasteiger charge is -1.95. The van der Waals surface area contributed by atoms with Gasteiger partial charge in [0.1, 0.15) is 0 Å². The molecule has 0 aliphatic heterocycles. The smallest absolute Gasteiger partial charge is 0.0491 e. The number of hydrogen-bond acceptors (Lipinski definition) is 5. The highest BCUT2D eigenvalue weighted by Crippen LogP contribution is 1.49. The molecule has 5 heteroatoms. The van der Waals surface area contributed by atoms with Gasteiger partial charge in [-0.1, -0.05) is 0 Å². The van der Waals surface area contributed by atoms with Crippen LogP contribution in [0, 0.1) is 0 Å². The Morgan fingerprint density at radius 2 is 1.36 bits per heavy atom. The van der Waals surface area contributed by atoms with Crippen LogP contribution in [0.15, 0.2) is 0 Å². The third-order valence-corrected chi connectivity index (χ3v) is 0.642. The number of nitrogens with two attached hydrogens (primary N) is 4. The average molecular weight is 163 g/mol. The maximum atomic E-state index is 5.17. The summed E-state index contributed by atoms with van der Waals surface area (Å²) in [5.41, 5.74) is 20.1. The molecule has 0 saturated heterocycles. The van der Waals surface area contributed by atoms with Gasteiger partial charge < -0.3 is 28.3 Å². The molecule has 0 aromatic heterocycles. The van der Waals surface area contributed by atoms with Crippen molar-refractivity contribution < 1.29 is 0 Å². The second-order valence-electron chi connectivity index (χ2n) is 2.19. The minimum atomic E-state index is -0.167. The average Bonchev–Trinajstić information content (AvgIpc) is 1.88. The molecule has 9 N–H and O–H groups in total. The maximum Gasteiger partial charge on any atom is 0.0491 e. The first-order chi connectivity index (χ1) is 5.15. The lowest BCUT2D eigenvalue weighted by molar-refractivity contribution is 0.696. The molecular weight excluding hydrogens is 142 g/mol. The van der Waals surface area contributed by atoms with Crippen molar-refractivity contribution >= 4 is 0 Å². The predicted molar refractivity (Wildman–Crippen MR) is 48.8 cm³/mol. The van der Waals surface area contributed by atoms with Crippen molar-refractivity contribution in [2.24, 2.45) is 22.9 Å². The largest absolute Gasteiger partial charge is 0.329 e. The van der Waals surface area contributed by atoms with E-state index in [4.69, 9.17) is 22.9 Å². The van der Waals surface area contributed by atoms with Crippen molar-refractivity contribution in [1.29, 1.82) is 0 Å². The summed E-state index contributed by atoms with van der Waals surface area (Å²) in [7, 11) is 0. The third-order valence-electron chi connectivity index (χ3n) is 0.642. The Kier molecular flexibility index (Phi) is 15.2. The van der Waals surface area contributed by atoms with E-state index in [1.165, 1.54) is 0 Å². The summed E-state index contributed by atoms with van der Waals surface area (Å²) in [5, 5.41) is 3.03. The van der Waals surface area contributed by atoms with E-state index in [0.717, 1.165) is 13.1 Å². The fourth-order valence-electron chi connectivity index (χ4n) is 0.329. The zero-order chi connectivity index (χ0) is 9.11. The molecule has 0 amide bonds. The molecule has 0 aliphatic carbocycles. The first-order valence-electron chi connectivity index (χ1n) is 3.77. The first-order valence-corrected chi connectivity index (χ1v) is 3.77. The van der Waals surface area contributed by atoms with Gasteiger partial charge in [-0.2, -0.15) is 0 Å². The molecular formula is C6H21N5. The molecule has 0 atom stereocenters. The van der Waals surface area contributed by atoms with E-state index in [1.807, 2.05) is 0 Å². The molecule has 0 spiro atoms. The van der Waals surface area contributed by atoms with Crippen LogP contribution in [-0.2, 0) is 0 Å². The normalized spacial score (nSPS) is 9.27. The van der Waals surface area contributed by atoms with Crippen LogP contribution < -0.4 is 28.3 Å². The molecule has 70 valence electrons. The molecule has 11 heavy (non-hydrogen) atoms. The summed E-state index contributed by atoms with van der Waals surface area (Å²) < 4.78 is 0. The quantitative estimate of drug-likeness (QED) is 0.237. The summed E-state index contributed by atoms with van der Waals surface area (Å²) in [6.07, 6.45) is -0.167. The van der Waals surface area contributed by atoms with Crippen molar-refractivity contribution in [1.82, 2.24) is 5.32 Å². The molecule has 0 unspecified atom stereocenters. The van der Waals surface area contributed by atoms with Crippen LogP contribution in [0.1, 0.15) is 6.92 Å². The summed E-state index contributed by atoms with van der Waals surface area (Å²) in [4.78, 5) is 0. The third kappa shape index (κ3) is 41.3. The Bertz CT molecular complexity index is 50.2. The molecule has 0 heterocycles. The second kappa shape index (κ2) is 12.5. The monoisotopic (exact) mass is 163 g/mol. The molecule has 0 bridgehead atoms. The summed E-state index contributed by atoms with van der Waals surface area (Å²) in [5.74, 6) is 0.